The zero-order chi connectivity index (χ0) is 16.6. The van der Waals surface area contributed by atoms with E-state index in [-0.39, 0.29) is 18.9 Å². The molecule has 0 saturated carbocycles. The number of hydrogen-bond donors (Lipinski definition) is 0. The van der Waals surface area contributed by atoms with Crippen LogP contribution in [0.15, 0.2) is 24.3 Å². The molecule has 0 aliphatic carbocycles. The number of rotatable bonds is 14. The molecule has 0 heterocycles. The fraction of sp³-hybridized carbons (Fsp3) is 0.737. The Labute approximate surface area is 155 Å². The third-order valence-corrected chi connectivity index (χ3v) is 3.85. The van der Waals surface area contributed by atoms with Crippen LogP contribution in [0.4, 0.5) is 0 Å². The van der Waals surface area contributed by atoms with E-state index in [1.165, 1.54) is 38.5 Å². The summed E-state index contributed by atoms with van der Waals surface area (Å²) in [5, 5.41) is 11.1. The molecule has 0 fully saturated rings. The third kappa shape index (κ3) is 14.8. The Bertz CT molecular complexity index is 307. The standard InChI is InChI=1S/C19H35NO2.Li/c1-4-6-8-10-12-14-16-20(18(3)19(21)22)17-15-13-11-9-7-5-2;/h12-15,18H,4-11,16-17H2,1-3H3,(H,21,22);/q;+1/p-1/b14-12+,15-13+;. The van der Waals surface area contributed by atoms with Crippen LogP contribution in [-0.4, -0.2) is 30.0 Å². The first-order chi connectivity index (χ1) is 10.6. The van der Waals surface area contributed by atoms with Crippen LogP contribution in [0.1, 0.15) is 72.1 Å². The van der Waals surface area contributed by atoms with Crippen LogP contribution in [0.25, 0.3) is 0 Å². The summed E-state index contributed by atoms with van der Waals surface area (Å²) >= 11 is 0. The Morgan fingerprint density at radius 2 is 1.35 bits per heavy atom. The van der Waals surface area contributed by atoms with Crippen LogP contribution in [0.3, 0.4) is 0 Å². The predicted octanol–water partition coefficient (Wildman–Crippen LogP) is 0.704. The van der Waals surface area contributed by atoms with Crippen molar-refractivity contribution in [3.05, 3.63) is 24.3 Å². The zero-order valence-corrected chi connectivity index (χ0v) is 15.7. The molecule has 128 valence electrons. The minimum atomic E-state index is -1.00. The monoisotopic (exact) mass is 315 g/mol. The number of carbonyl (C=O) groups excluding carboxylic acids is 1. The summed E-state index contributed by atoms with van der Waals surface area (Å²) in [7, 11) is 0. The van der Waals surface area contributed by atoms with E-state index in [1.54, 1.807) is 6.92 Å². The minimum Gasteiger partial charge on any atom is -0.548 e. The first-order valence-corrected chi connectivity index (χ1v) is 8.88. The number of carboxylic acid groups (broad SMARTS) is 1. The van der Waals surface area contributed by atoms with Gasteiger partial charge in [0.25, 0.3) is 0 Å². The molecule has 0 aromatic rings. The van der Waals surface area contributed by atoms with Crippen LogP contribution in [0, 0.1) is 0 Å². The van der Waals surface area contributed by atoms with Gasteiger partial charge in [0.15, 0.2) is 0 Å². The van der Waals surface area contributed by atoms with Gasteiger partial charge in [0.1, 0.15) is 0 Å². The summed E-state index contributed by atoms with van der Waals surface area (Å²) in [5.41, 5.74) is 0. The SMILES string of the molecule is CCCCC/C=C/CN(C/C=C/CCCCC)C(C)C(=O)[O-].[Li+]. The molecule has 0 spiro atoms. The molecule has 0 aliphatic rings. The van der Waals surface area contributed by atoms with Crippen LogP contribution in [-0.2, 0) is 4.79 Å². The molecule has 23 heavy (non-hydrogen) atoms. The minimum absolute atomic E-state index is 0. The van der Waals surface area contributed by atoms with E-state index in [1.807, 2.05) is 4.90 Å². The number of carboxylic acids is 1. The van der Waals surface area contributed by atoms with Gasteiger partial charge in [-0.05, 0) is 32.6 Å². The Morgan fingerprint density at radius 1 is 0.913 bits per heavy atom. The van der Waals surface area contributed by atoms with Crippen LogP contribution in [0.5, 0.6) is 0 Å². The molecule has 1 atom stereocenters. The van der Waals surface area contributed by atoms with Crippen molar-refractivity contribution in [3.63, 3.8) is 0 Å². The van der Waals surface area contributed by atoms with Gasteiger partial charge in [-0.2, -0.15) is 0 Å². The topological polar surface area (TPSA) is 43.4 Å². The Kier molecular flexibility index (Phi) is 19.2. The number of allylic oxidation sites excluding steroid dienone is 2. The third-order valence-electron chi connectivity index (χ3n) is 3.85. The predicted molar refractivity (Wildman–Crippen MR) is 92.6 cm³/mol. The smallest absolute Gasteiger partial charge is 0.548 e. The molecule has 0 saturated heterocycles. The van der Waals surface area contributed by atoms with Crippen molar-refractivity contribution in [2.24, 2.45) is 0 Å². The van der Waals surface area contributed by atoms with Gasteiger partial charge in [-0.3, -0.25) is 4.90 Å². The van der Waals surface area contributed by atoms with Crippen molar-refractivity contribution in [1.29, 1.82) is 0 Å². The molecule has 1 unspecified atom stereocenters. The quantitative estimate of drug-likeness (QED) is 0.269. The van der Waals surface area contributed by atoms with Gasteiger partial charge in [-0.25, -0.2) is 0 Å². The molecule has 0 aromatic carbocycles. The van der Waals surface area contributed by atoms with E-state index >= 15 is 0 Å². The van der Waals surface area contributed by atoms with Crippen molar-refractivity contribution in [3.8, 4) is 0 Å². The van der Waals surface area contributed by atoms with Gasteiger partial charge in [0, 0.05) is 19.1 Å². The van der Waals surface area contributed by atoms with Gasteiger partial charge < -0.3 is 9.90 Å². The molecule has 0 aromatic heterocycles. The van der Waals surface area contributed by atoms with Gasteiger partial charge >= 0.3 is 18.9 Å². The number of hydrogen-bond acceptors (Lipinski definition) is 3. The molecular formula is C19H34LiNO2. The Hall–Kier alpha value is -0.493. The van der Waals surface area contributed by atoms with Crippen molar-refractivity contribution in [2.45, 2.75) is 78.2 Å². The van der Waals surface area contributed by atoms with E-state index in [0.717, 1.165) is 12.8 Å². The summed E-state index contributed by atoms with van der Waals surface area (Å²) in [6.07, 6.45) is 18.0. The van der Waals surface area contributed by atoms with Crippen molar-refractivity contribution >= 4 is 5.97 Å². The van der Waals surface area contributed by atoms with E-state index < -0.39 is 12.0 Å². The molecule has 0 N–H and O–H groups in total. The number of carbonyl (C=O) groups is 1. The molecule has 0 radical (unpaired) electrons. The van der Waals surface area contributed by atoms with Crippen LogP contribution in [0.2, 0.25) is 0 Å². The molecule has 3 nitrogen and oxygen atoms in total. The second-order valence-electron chi connectivity index (χ2n) is 5.88. The number of unbranched alkanes of at least 4 members (excludes halogenated alkanes) is 6. The zero-order valence-electron chi connectivity index (χ0n) is 15.7. The Balaban J connectivity index is 0. The number of aliphatic carboxylic acids is 1. The van der Waals surface area contributed by atoms with Crippen LogP contribution >= 0.6 is 0 Å². The summed E-state index contributed by atoms with van der Waals surface area (Å²) in [6, 6.07) is -0.555. The van der Waals surface area contributed by atoms with E-state index in [0.29, 0.717) is 13.1 Å². The summed E-state index contributed by atoms with van der Waals surface area (Å²) in [4.78, 5) is 13.0. The maximum absolute atomic E-state index is 11.1. The van der Waals surface area contributed by atoms with Crippen molar-refractivity contribution in [2.75, 3.05) is 13.1 Å². The van der Waals surface area contributed by atoms with Gasteiger partial charge in [-0.1, -0.05) is 63.8 Å². The normalized spacial score (nSPS) is 12.9. The van der Waals surface area contributed by atoms with E-state index in [2.05, 4.69) is 38.2 Å². The maximum Gasteiger partial charge on any atom is 1.00 e. The maximum atomic E-state index is 11.1. The van der Waals surface area contributed by atoms with Gasteiger partial charge in [-0.15, -0.1) is 0 Å². The Morgan fingerprint density at radius 3 is 1.70 bits per heavy atom. The number of nitrogens with zero attached hydrogens (tertiary/aromatic N) is 1. The molecule has 0 bridgehead atoms. The molecule has 0 amide bonds. The second kappa shape index (κ2) is 17.9. The van der Waals surface area contributed by atoms with Gasteiger partial charge in [0.05, 0.1) is 5.97 Å². The van der Waals surface area contributed by atoms with E-state index in [9.17, 15) is 9.90 Å². The molecular weight excluding hydrogens is 281 g/mol. The average molecular weight is 315 g/mol. The first kappa shape index (κ1) is 24.8. The van der Waals surface area contributed by atoms with Crippen molar-refractivity contribution < 1.29 is 28.8 Å². The molecule has 0 aliphatic heterocycles. The fourth-order valence-electron chi connectivity index (χ4n) is 2.22. The van der Waals surface area contributed by atoms with E-state index in [4.69, 9.17) is 0 Å². The second-order valence-corrected chi connectivity index (χ2v) is 5.88. The summed E-state index contributed by atoms with van der Waals surface area (Å²) in [6.45, 7) is 7.42. The first-order valence-electron chi connectivity index (χ1n) is 8.88. The van der Waals surface area contributed by atoms with Crippen LogP contribution < -0.4 is 24.0 Å². The fourth-order valence-corrected chi connectivity index (χ4v) is 2.22. The van der Waals surface area contributed by atoms with Gasteiger partial charge in [0.2, 0.25) is 0 Å². The summed E-state index contributed by atoms with van der Waals surface area (Å²) in [5.74, 6) is -1.00. The summed E-state index contributed by atoms with van der Waals surface area (Å²) < 4.78 is 0. The molecule has 4 heteroatoms. The largest absolute Gasteiger partial charge is 1.00 e. The van der Waals surface area contributed by atoms with Crippen molar-refractivity contribution in [1.82, 2.24) is 4.90 Å². The molecule has 0 rings (SSSR count). The average Bonchev–Trinajstić information content (AvgIpc) is 2.51.